The third-order valence-electron chi connectivity index (χ3n) is 2.82. The van der Waals surface area contributed by atoms with Gasteiger partial charge in [-0.3, -0.25) is 4.79 Å². The number of carbonyl (C=O) groups excluding carboxylic acids is 1. The Balaban J connectivity index is 2.43. The second kappa shape index (κ2) is 6.41. The van der Waals surface area contributed by atoms with Crippen LogP contribution in [0.4, 0.5) is 0 Å². The summed E-state index contributed by atoms with van der Waals surface area (Å²) >= 11 is 6.77. The zero-order valence-corrected chi connectivity index (χ0v) is 14.1. The van der Waals surface area contributed by atoms with E-state index in [1.54, 1.807) is 38.5 Å². The van der Waals surface area contributed by atoms with E-state index in [-0.39, 0.29) is 5.78 Å². The first-order chi connectivity index (χ1) is 9.56. The molecule has 0 aliphatic rings. The molecule has 2 rings (SSSR count). The third kappa shape index (κ3) is 3.04. The Morgan fingerprint density at radius 1 is 0.950 bits per heavy atom. The molecule has 0 atom stereocenters. The summed E-state index contributed by atoms with van der Waals surface area (Å²) < 4.78 is 12.0. The van der Waals surface area contributed by atoms with E-state index in [0.29, 0.717) is 22.6 Å². The lowest BCUT2D eigenvalue weighted by molar-refractivity contribution is 0.103. The first kappa shape index (κ1) is 15.1. The van der Waals surface area contributed by atoms with E-state index < -0.39 is 0 Å². The molecule has 0 saturated heterocycles. The standard InChI is InChI=1S/C15H12Br2O3/c1-19-13-6-3-9(7-14(13)20-2)15(18)11-5-4-10(16)8-12(11)17/h3-8H,1-2H3. The van der Waals surface area contributed by atoms with Crippen molar-refractivity contribution in [2.24, 2.45) is 0 Å². The van der Waals surface area contributed by atoms with Gasteiger partial charge in [-0.25, -0.2) is 0 Å². The van der Waals surface area contributed by atoms with Crippen LogP contribution in [0.1, 0.15) is 15.9 Å². The molecule has 0 bridgehead atoms. The number of rotatable bonds is 4. The number of ketones is 1. The van der Waals surface area contributed by atoms with Crippen LogP contribution in [0.3, 0.4) is 0 Å². The second-order valence-corrected chi connectivity index (χ2v) is 5.79. The number of benzene rings is 2. The molecule has 5 heteroatoms. The van der Waals surface area contributed by atoms with E-state index in [4.69, 9.17) is 9.47 Å². The van der Waals surface area contributed by atoms with Crippen molar-refractivity contribution in [3.63, 3.8) is 0 Å². The fraction of sp³-hybridized carbons (Fsp3) is 0.133. The van der Waals surface area contributed by atoms with Gasteiger partial charge in [0.05, 0.1) is 14.2 Å². The van der Waals surface area contributed by atoms with Gasteiger partial charge in [-0.15, -0.1) is 0 Å². The van der Waals surface area contributed by atoms with Crippen LogP contribution in [0.25, 0.3) is 0 Å². The summed E-state index contributed by atoms with van der Waals surface area (Å²) in [6, 6.07) is 10.6. The molecule has 0 heterocycles. The molecule has 0 saturated carbocycles. The average Bonchev–Trinajstić information content (AvgIpc) is 2.45. The minimum absolute atomic E-state index is 0.0784. The molecular formula is C15H12Br2O3. The summed E-state index contributed by atoms with van der Waals surface area (Å²) in [5, 5.41) is 0. The van der Waals surface area contributed by atoms with Crippen LogP contribution in [0.5, 0.6) is 11.5 Å². The van der Waals surface area contributed by atoms with E-state index in [2.05, 4.69) is 31.9 Å². The van der Waals surface area contributed by atoms with Crippen LogP contribution in [0.15, 0.2) is 45.3 Å². The first-order valence-corrected chi connectivity index (χ1v) is 7.37. The normalized spacial score (nSPS) is 10.2. The summed E-state index contributed by atoms with van der Waals surface area (Å²) in [4.78, 5) is 12.5. The maximum absolute atomic E-state index is 12.5. The van der Waals surface area contributed by atoms with E-state index in [0.717, 1.165) is 8.95 Å². The predicted octanol–water partition coefficient (Wildman–Crippen LogP) is 4.46. The maximum Gasteiger partial charge on any atom is 0.194 e. The summed E-state index contributed by atoms with van der Waals surface area (Å²) in [7, 11) is 3.10. The Morgan fingerprint density at radius 3 is 2.25 bits per heavy atom. The molecular weight excluding hydrogens is 388 g/mol. The maximum atomic E-state index is 12.5. The van der Waals surface area contributed by atoms with Gasteiger partial charge in [-0.05, 0) is 52.3 Å². The Hall–Kier alpha value is -1.33. The molecule has 0 aromatic heterocycles. The van der Waals surface area contributed by atoms with Crippen LogP contribution in [-0.2, 0) is 0 Å². The van der Waals surface area contributed by atoms with Crippen LogP contribution in [0.2, 0.25) is 0 Å². The molecule has 0 unspecified atom stereocenters. The molecule has 20 heavy (non-hydrogen) atoms. The molecule has 0 spiro atoms. The van der Waals surface area contributed by atoms with Crippen molar-refractivity contribution in [2.75, 3.05) is 14.2 Å². The largest absolute Gasteiger partial charge is 0.493 e. The molecule has 0 aliphatic heterocycles. The van der Waals surface area contributed by atoms with Gasteiger partial charge in [0, 0.05) is 20.1 Å². The lowest BCUT2D eigenvalue weighted by atomic mass is 10.0. The van der Waals surface area contributed by atoms with Crippen LogP contribution < -0.4 is 9.47 Å². The average molecular weight is 400 g/mol. The van der Waals surface area contributed by atoms with Gasteiger partial charge >= 0.3 is 0 Å². The lowest BCUT2D eigenvalue weighted by Crippen LogP contribution is -2.03. The smallest absolute Gasteiger partial charge is 0.194 e. The van der Waals surface area contributed by atoms with Crippen LogP contribution >= 0.6 is 31.9 Å². The minimum Gasteiger partial charge on any atom is -0.493 e. The third-order valence-corrected chi connectivity index (χ3v) is 3.97. The second-order valence-electron chi connectivity index (χ2n) is 4.02. The Morgan fingerprint density at radius 2 is 1.65 bits per heavy atom. The topological polar surface area (TPSA) is 35.5 Å². The predicted molar refractivity (Wildman–Crippen MR) is 84.8 cm³/mol. The fourth-order valence-electron chi connectivity index (χ4n) is 1.81. The van der Waals surface area contributed by atoms with Gasteiger partial charge in [-0.2, -0.15) is 0 Å². The molecule has 2 aromatic rings. The van der Waals surface area contributed by atoms with Gasteiger partial charge in [0.25, 0.3) is 0 Å². The molecule has 104 valence electrons. The van der Waals surface area contributed by atoms with Gasteiger partial charge in [0.15, 0.2) is 17.3 Å². The van der Waals surface area contributed by atoms with Crippen LogP contribution in [0, 0.1) is 0 Å². The highest BCUT2D eigenvalue weighted by molar-refractivity contribution is 9.11. The summed E-state index contributed by atoms with van der Waals surface area (Å²) in [6.45, 7) is 0. The minimum atomic E-state index is -0.0784. The number of hydrogen-bond acceptors (Lipinski definition) is 3. The molecule has 0 aliphatic carbocycles. The zero-order valence-electron chi connectivity index (χ0n) is 10.9. The van der Waals surface area contributed by atoms with E-state index in [1.165, 1.54) is 0 Å². The van der Waals surface area contributed by atoms with E-state index in [9.17, 15) is 4.79 Å². The Bertz CT molecular complexity index is 654. The van der Waals surface area contributed by atoms with Crippen molar-refractivity contribution in [3.05, 3.63) is 56.5 Å². The van der Waals surface area contributed by atoms with E-state index in [1.807, 2.05) is 12.1 Å². The van der Waals surface area contributed by atoms with Crippen molar-refractivity contribution >= 4 is 37.6 Å². The molecule has 0 amide bonds. The quantitative estimate of drug-likeness (QED) is 0.712. The molecule has 2 aromatic carbocycles. The van der Waals surface area contributed by atoms with Gasteiger partial charge in [0.1, 0.15) is 0 Å². The highest BCUT2D eigenvalue weighted by atomic mass is 79.9. The van der Waals surface area contributed by atoms with Gasteiger partial charge in [-0.1, -0.05) is 15.9 Å². The van der Waals surface area contributed by atoms with Crippen molar-refractivity contribution in [2.45, 2.75) is 0 Å². The zero-order chi connectivity index (χ0) is 14.7. The summed E-state index contributed by atoms with van der Waals surface area (Å²) in [6.07, 6.45) is 0. The summed E-state index contributed by atoms with van der Waals surface area (Å²) in [5.41, 5.74) is 1.14. The Labute approximate surface area is 134 Å². The first-order valence-electron chi connectivity index (χ1n) is 5.78. The number of halogens is 2. The lowest BCUT2D eigenvalue weighted by Gasteiger charge is -2.10. The number of methoxy groups -OCH3 is 2. The molecule has 0 N–H and O–H groups in total. The summed E-state index contributed by atoms with van der Waals surface area (Å²) in [5.74, 6) is 1.05. The number of carbonyl (C=O) groups is 1. The highest BCUT2D eigenvalue weighted by Gasteiger charge is 2.15. The molecule has 0 fully saturated rings. The van der Waals surface area contributed by atoms with E-state index >= 15 is 0 Å². The molecule has 0 radical (unpaired) electrons. The number of ether oxygens (including phenoxy) is 2. The van der Waals surface area contributed by atoms with Crippen molar-refractivity contribution < 1.29 is 14.3 Å². The van der Waals surface area contributed by atoms with Crippen molar-refractivity contribution in [3.8, 4) is 11.5 Å². The number of hydrogen-bond donors (Lipinski definition) is 0. The molecule has 3 nitrogen and oxygen atoms in total. The monoisotopic (exact) mass is 398 g/mol. The van der Waals surface area contributed by atoms with Crippen molar-refractivity contribution in [1.82, 2.24) is 0 Å². The Kier molecular flexibility index (Phi) is 4.83. The van der Waals surface area contributed by atoms with Gasteiger partial charge in [0.2, 0.25) is 0 Å². The highest BCUT2D eigenvalue weighted by Crippen LogP contribution is 2.30. The fourth-order valence-corrected chi connectivity index (χ4v) is 3.03. The van der Waals surface area contributed by atoms with Crippen molar-refractivity contribution in [1.29, 1.82) is 0 Å². The SMILES string of the molecule is COc1ccc(C(=O)c2ccc(Br)cc2Br)cc1OC. The van der Waals surface area contributed by atoms with Gasteiger partial charge < -0.3 is 9.47 Å². The van der Waals surface area contributed by atoms with Crippen LogP contribution in [-0.4, -0.2) is 20.0 Å².